The predicted molar refractivity (Wildman–Crippen MR) is 80.6 cm³/mol. The lowest BCUT2D eigenvalue weighted by atomic mass is 9.65. The van der Waals surface area contributed by atoms with Crippen LogP contribution >= 0.6 is 11.6 Å². The van der Waals surface area contributed by atoms with E-state index in [9.17, 15) is 13.2 Å². The maximum absolute atomic E-state index is 12.7. The minimum atomic E-state index is -4.28. The van der Waals surface area contributed by atoms with E-state index in [4.69, 9.17) is 11.6 Å². The van der Waals surface area contributed by atoms with Gasteiger partial charge in [0.25, 0.3) is 0 Å². The SMILES string of the molecule is CC1CCC(C(C)(C)c2ccc(C(F)(F)F)cc2)C(Cl)C1. The van der Waals surface area contributed by atoms with E-state index in [-0.39, 0.29) is 10.8 Å². The Morgan fingerprint density at radius 3 is 2.00 bits per heavy atom. The van der Waals surface area contributed by atoms with Crippen molar-refractivity contribution in [1.29, 1.82) is 0 Å². The first-order chi connectivity index (χ1) is 9.62. The molecule has 1 aromatic carbocycles. The first-order valence-corrected chi connectivity index (χ1v) is 7.88. The molecule has 4 heteroatoms. The van der Waals surface area contributed by atoms with Crippen molar-refractivity contribution >= 4 is 11.6 Å². The minimum Gasteiger partial charge on any atom is -0.166 e. The normalized spacial score (nSPS) is 27.7. The highest BCUT2D eigenvalue weighted by molar-refractivity contribution is 6.20. The molecule has 0 radical (unpaired) electrons. The molecule has 0 heterocycles. The van der Waals surface area contributed by atoms with Crippen LogP contribution in [0.3, 0.4) is 0 Å². The standard InChI is InChI=1S/C17H22ClF3/c1-11-4-9-14(15(18)10-11)16(2,3)12-5-7-13(8-6-12)17(19,20)21/h5-8,11,14-15H,4,9-10H2,1-3H3. The van der Waals surface area contributed by atoms with Crippen LogP contribution in [0.15, 0.2) is 24.3 Å². The number of hydrogen-bond donors (Lipinski definition) is 0. The summed E-state index contributed by atoms with van der Waals surface area (Å²) in [5, 5.41) is 0.0889. The van der Waals surface area contributed by atoms with E-state index in [0.717, 1.165) is 24.8 Å². The highest BCUT2D eigenvalue weighted by Gasteiger charge is 2.39. The summed E-state index contributed by atoms with van der Waals surface area (Å²) in [6, 6.07) is 5.55. The van der Waals surface area contributed by atoms with E-state index in [1.54, 1.807) is 12.1 Å². The van der Waals surface area contributed by atoms with Crippen LogP contribution in [0.25, 0.3) is 0 Å². The first kappa shape index (κ1) is 16.7. The molecule has 1 aliphatic rings. The van der Waals surface area contributed by atoms with Crippen molar-refractivity contribution in [3.05, 3.63) is 35.4 Å². The van der Waals surface area contributed by atoms with Crippen LogP contribution in [-0.4, -0.2) is 5.38 Å². The summed E-state index contributed by atoms with van der Waals surface area (Å²) < 4.78 is 38.0. The quantitative estimate of drug-likeness (QED) is 0.584. The first-order valence-electron chi connectivity index (χ1n) is 7.44. The summed E-state index contributed by atoms with van der Waals surface area (Å²) in [7, 11) is 0. The molecular weight excluding hydrogens is 297 g/mol. The van der Waals surface area contributed by atoms with Gasteiger partial charge in [0.05, 0.1) is 5.56 Å². The molecule has 3 atom stereocenters. The Labute approximate surface area is 129 Å². The third kappa shape index (κ3) is 3.56. The van der Waals surface area contributed by atoms with E-state index >= 15 is 0 Å². The lowest BCUT2D eigenvalue weighted by Crippen LogP contribution is -2.38. The zero-order valence-corrected chi connectivity index (χ0v) is 13.4. The fourth-order valence-corrected chi connectivity index (χ4v) is 4.17. The number of benzene rings is 1. The fraction of sp³-hybridized carbons (Fsp3) is 0.647. The summed E-state index contributed by atoms with van der Waals surface area (Å²) in [6.07, 6.45) is -1.13. The molecule has 0 bridgehead atoms. The fourth-order valence-electron chi connectivity index (χ4n) is 3.43. The van der Waals surface area contributed by atoms with Gasteiger partial charge in [0, 0.05) is 5.38 Å². The molecule has 0 saturated heterocycles. The molecule has 0 aliphatic heterocycles. The van der Waals surface area contributed by atoms with Crippen LogP contribution in [0.2, 0.25) is 0 Å². The second kappa shape index (κ2) is 5.83. The number of rotatable bonds is 2. The summed E-state index contributed by atoms with van der Waals surface area (Å²) in [5.74, 6) is 0.930. The third-order valence-electron chi connectivity index (χ3n) is 4.92. The van der Waals surface area contributed by atoms with Crippen LogP contribution in [0.1, 0.15) is 51.2 Å². The topological polar surface area (TPSA) is 0 Å². The smallest absolute Gasteiger partial charge is 0.166 e. The van der Waals surface area contributed by atoms with Gasteiger partial charge in [-0.15, -0.1) is 11.6 Å². The maximum Gasteiger partial charge on any atom is 0.416 e. The van der Waals surface area contributed by atoms with E-state index in [0.29, 0.717) is 11.8 Å². The molecule has 0 spiro atoms. The van der Waals surface area contributed by atoms with Gasteiger partial charge in [-0.05, 0) is 47.8 Å². The van der Waals surface area contributed by atoms with Crippen molar-refractivity contribution in [1.82, 2.24) is 0 Å². The van der Waals surface area contributed by atoms with Gasteiger partial charge in [0.15, 0.2) is 0 Å². The molecule has 0 N–H and O–H groups in total. The summed E-state index contributed by atoms with van der Waals surface area (Å²) in [4.78, 5) is 0. The lowest BCUT2D eigenvalue weighted by Gasteiger charge is -2.42. The highest BCUT2D eigenvalue weighted by Crippen LogP contribution is 2.44. The molecule has 1 aliphatic carbocycles. The Balaban J connectivity index is 2.23. The minimum absolute atomic E-state index is 0.0889. The Kier molecular flexibility index (Phi) is 4.63. The second-order valence-electron chi connectivity index (χ2n) is 6.84. The average molecular weight is 319 g/mol. The molecule has 1 saturated carbocycles. The van der Waals surface area contributed by atoms with Crippen LogP contribution in [-0.2, 0) is 11.6 Å². The predicted octanol–water partition coefficient (Wildman–Crippen LogP) is 6.03. The van der Waals surface area contributed by atoms with Gasteiger partial charge in [0.1, 0.15) is 0 Å². The van der Waals surface area contributed by atoms with Crippen molar-refractivity contribution in [2.45, 2.75) is 57.0 Å². The van der Waals surface area contributed by atoms with Gasteiger partial charge in [-0.2, -0.15) is 13.2 Å². The number of halogens is 4. The zero-order chi connectivity index (χ0) is 15.8. The number of hydrogen-bond acceptors (Lipinski definition) is 0. The van der Waals surface area contributed by atoms with Gasteiger partial charge in [-0.3, -0.25) is 0 Å². The molecule has 0 nitrogen and oxygen atoms in total. The van der Waals surface area contributed by atoms with Crippen LogP contribution in [0, 0.1) is 11.8 Å². The molecule has 0 amide bonds. The zero-order valence-electron chi connectivity index (χ0n) is 12.7. The molecule has 2 rings (SSSR count). The van der Waals surface area contributed by atoms with E-state index in [1.165, 1.54) is 12.1 Å². The summed E-state index contributed by atoms with van der Waals surface area (Å²) in [6.45, 7) is 6.38. The van der Waals surface area contributed by atoms with Crippen molar-refractivity contribution in [2.24, 2.45) is 11.8 Å². The van der Waals surface area contributed by atoms with Crippen LogP contribution in [0.5, 0.6) is 0 Å². The van der Waals surface area contributed by atoms with Crippen molar-refractivity contribution < 1.29 is 13.2 Å². The van der Waals surface area contributed by atoms with E-state index in [1.807, 2.05) is 0 Å². The Morgan fingerprint density at radius 1 is 1.00 bits per heavy atom. The van der Waals surface area contributed by atoms with Gasteiger partial charge in [0.2, 0.25) is 0 Å². The Morgan fingerprint density at radius 2 is 1.52 bits per heavy atom. The monoisotopic (exact) mass is 318 g/mol. The van der Waals surface area contributed by atoms with Gasteiger partial charge < -0.3 is 0 Å². The Hall–Kier alpha value is -0.700. The van der Waals surface area contributed by atoms with Crippen molar-refractivity contribution in [3.8, 4) is 0 Å². The molecule has 21 heavy (non-hydrogen) atoms. The number of alkyl halides is 4. The van der Waals surface area contributed by atoms with E-state index < -0.39 is 11.7 Å². The van der Waals surface area contributed by atoms with Crippen molar-refractivity contribution in [2.75, 3.05) is 0 Å². The van der Waals surface area contributed by atoms with Gasteiger partial charge in [-0.25, -0.2) is 0 Å². The van der Waals surface area contributed by atoms with Crippen LogP contribution < -0.4 is 0 Å². The third-order valence-corrected chi connectivity index (χ3v) is 5.40. The molecule has 1 fully saturated rings. The van der Waals surface area contributed by atoms with Crippen LogP contribution in [0.4, 0.5) is 13.2 Å². The average Bonchev–Trinajstić information content (AvgIpc) is 2.37. The second-order valence-corrected chi connectivity index (χ2v) is 7.40. The summed E-state index contributed by atoms with van der Waals surface area (Å²) >= 11 is 6.54. The summed E-state index contributed by atoms with van der Waals surface area (Å²) in [5.41, 5.74) is 0.124. The molecule has 0 aromatic heterocycles. The highest BCUT2D eigenvalue weighted by atomic mass is 35.5. The maximum atomic E-state index is 12.7. The van der Waals surface area contributed by atoms with E-state index in [2.05, 4.69) is 20.8 Å². The van der Waals surface area contributed by atoms with Gasteiger partial charge >= 0.3 is 6.18 Å². The molecule has 1 aromatic rings. The Bertz CT molecular complexity index is 476. The molecular formula is C17H22ClF3. The molecule has 3 unspecified atom stereocenters. The largest absolute Gasteiger partial charge is 0.416 e. The van der Waals surface area contributed by atoms with Gasteiger partial charge in [-0.1, -0.05) is 39.3 Å². The molecule has 118 valence electrons. The van der Waals surface area contributed by atoms with Crippen molar-refractivity contribution in [3.63, 3.8) is 0 Å². The lowest BCUT2D eigenvalue weighted by molar-refractivity contribution is -0.137.